The predicted octanol–water partition coefficient (Wildman–Crippen LogP) is 0.818. The van der Waals surface area contributed by atoms with Crippen LogP contribution in [0.5, 0.6) is 0 Å². The second-order valence-electron chi connectivity index (χ2n) is 5.09. The maximum atomic E-state index is 12.2. The summed E-state index contributed by atoms with van der Waals surface area (Å²) in [6, 6.07) is 4.60. The van der Waals surface area contributed by atoms with E-state index in [2.05, 4.69) is 10.6 Å². The van der Waals surface area contributed by atoms with Crippen molar-refractivity contribution < 1.29 is 9.72 Å². The molecule has 1 saturated heterocycles. The molecule has 1 amide bonds. The van der Waals surface area contributed by atoms with Crippen molar-refractivity contribution in [2.75, 3.05) is 31.1 Å². The number of amides is 1. The Morgan fingerprint density at radius 2 is 2.29 bits per heavy atom. The molecule has 1 fully saturated rings. The van der Waals surface area contributed by atoms with Crippen LogP contribution in [-0.2, 0) is 4.79 Å². The molecular formula is C14H20N4O3. The third-order valence-corrected chi connectivity index (χ3v) is 3.49. The zero-order valence-corrected chi connectivity index (χ0v) is 12.3. The lowest BCUT2D eigenvalue weighted by atomic mass is 10.1. The first-order chi connectivity index (χ1) is 10.0. The maximum Gasteiger partial charge on any atom is 0.271 e. The number of piperazine rings is 1. The van der Waals surface area contributed by atoms with Gasteiger partial charge in [-0.05, 0) is 25.5 Å². The molecule has 2 rings (SSSR count). The number of carbonyl (C=O) groups is 1. The van der Waals surface area contributed by atoms with E-state index in [1.54, 1.807) is 0 Å². The molecule has 114 valence electrons. The Bertz CT molecular complexity index is 547. The third kappa shape index (κ3) is 3.49. The molecule has 1 aromatic carbocycles. The second-order valence-corrected chi connectivity index (χ2v) is 5.09. The number of carbonyl (C=O) groups excluding carboxylic acids is 1. The Labute approximate surface area is 123 Å². The largest absolute Gasteiger partial charge is 0.357 e. The number of nitro groups is 1. The molecule has 0 saturated carbocycles. The van der Waals surface area contributed by atoms with E-state index in [1.807, 2.05) is 24.8 Å². The molecule has 0 aliphatic carbocycles. The zero-order chi connectivity index (χ0) is 15.4. The lowest BCUT2D eigenvalue weighted by Gasteiger charge is -2.36. The molecule has 1 aliphatic rings. The molecule has 7 nitrogen and oxygen atoms in total. The molecule has 1 aliphatic heterocycles. The van der Waals surface area contributed by atoms with Gasteiger partial charge in [0.2, 0.25) is 5.91 Å². The third-order valence-electron chi connectivity index (χ3n) is 3.49. The molecule has 0 aromatic heterocycles. The number of hydrogen-bond donors (Lipinski definition) is 2. The summed E-state index contributed by atoms with van der Waals surface area (Å²) >= 11 is 0. The van der Waals surface area contributed by atoms with Crippen molar-refractivity contribution in [2.45, 2.75) is 19.9 Å². The molecular weight excluding hydrogens is 272 g/mol. The van der Waals surface area contributed by atoms with Crippen LogP contribution in [0.4, 0.5) is 11.4 Å². The summed E-state index contributed by atoms with van der Waals surface area (Å²) in [6.45, 7) is 6.18. The molecule has 1 atom stereocenters. The number of nitro benzene ring substituents is 1. The monoisotopic (exact) mass is 292 g/mol. The molecule has 1 aromatic rings. The quantitative estimate of drug-likeness (QED) is 0.633. The van der Waals surface area contributed by atoms with Crippen molar-refractivity contribution in [3.63, 3.8) is 0 Å². The zero-order valence-electron chi connectivity index (χ0n) is 12.3. The lowest BCUT2D eigenvalue weighted by molar-refractivity contribution is -0.384. The van der Waals surface area contributed by atoms with Crippen molar-refractivity contribution in [3.8, 4) is 0 Å². The maximum absolute atomic E-state index is 12.2. The van der Waals surface area contributed by atoms with Gasteiger partial charge < -0.3 is 15.5 Å². The van der Waals surface area contributed by atoms with Crippen molar-refractivity contribution in [1.82, 2.24) is 10.6 Å². The van der Waals surface area contributed by atoms with Gasteiger partial charge in [0.25, 0.3) is 5.69 Å². The Morgan fingerprint density at radius 3 is 2.95 bits per heavy atom. The summed E-state index contributed by atoms with van der Waals surface area (Å²) in [5.74, 6) is -0.0612. The first-order valence-electron chi connectivity index (χ1n) is 7.04. The van der Waals surface area contributed by atoms with Crippen LogP contribution in [0.15, 0.2) is 18.2 Å². The molecule has 0 spiro atoms. The van der Waals surface area contributed by atoms with Gasteiger partial charge >= 0.3 is 0 Å². The van der Waals surface area contributed by atoms with E-state index in [0.717, 1.165) is 17.8 Å². The van der Waals surface area contributed by atoms with E-state index in [4.69, 9.17) is 0 Å². The van der Waals surface area contributed by atoms with Crippen molar-refractivity contribution >= 4 is 17.3 Å². The van der Waals surface area contributed by atoms with Crippen molar-refractivity contribution in [1.29, 1.82) is 0 Å². The molecule has 0 bridgehead atoms. The van der Waals surface area contributed by atoms with Gasteiger partial charge in [-0.15, -0.1) is 0 Å². The second kappa shape index (κ2) is 6.53. The Balaban J connectivity index is 2.32. The van der Waals surface area contributed by atoms with E-state index in [-0.39, 0.29) is 17.6 Å². The van der Waals surface area contributed by atoms with E-state index < -0.39 is 4.92 Å². The number of nitrogens with one attached hydrogen (secondary N) is 2. The summed E-state index contributed by atoms with van der Waals surface area (Å²) in [5, 5.41) is 17.0. The Kier molecular flexibility index (Phi) is 4.74. The molecule has 7 heteroatoms. The highest BCUT2D eigenvalue weighted by Gasteiger charge is 2.29. The molecule has 1 heterocycles. The van der Waals surface area contributed by atoms with Crippen LogP contribution in [0.2, 0.25) is 0 Å². The first kappa shape index (κ1) is 15.2. The average Bonchev–Trinajstić information content (AvgIpc) is 2.46. The summed E-state index contributed by atoms with van der Waals surface area (Å²) in [5.41, 5.74) is 1.59. The van der Waals surface area contributed by atoms with Crippen LogP contribution in [0.1, 0.15) is 12.5 Å². The number of hydrogen-bond acceptors (Lipinski definition) is 5. The van der Waals surface area contributed by atoms with Gasteiger partial charge in [0.05, 0.1) is 4.92 Å². The van der Waals surface area contributed by atoms with E-state index in [9.17, 15) is 14.9 Å². The van der Waals surface area contributed by atoms with E-state index >= 15 is 0 Å². The Hall–Kier alpha value is -2.15. The summed E-state index contributed by atoms with van der Waals surface area (Å²) < 4.78 is 0. The predicted molar refractivity (Wildman–Crippen MR) is 80.5 cm³/mol. The molecule has 1 unspecified atom stereocenters. The molecule has 2 N–H and O–H groups in total. The topological polar surface area (TPSA) is 87.5 Å². The summed E-state index contributed by atoms with van der Waals surface area (Å²) in [4.78, 5) is 24.7. The highest BCUT2D eigenvalue weighted by molar-refractivity contribution is 5.86. The van der Waals surface area contributed by atoms with Crippen LogP contribution in [0.3, 0.4) is 0 Å². The molecule has 21 heavy (non-hydrogen) atoms. The number of aryl methyl sites for hydroxylation is 1. The van der Waals surface area contributed by atoms with Crippen LogP contribution >= 0.6 is 0 Å². The number of likely N-dealkylation sites (N-methyl/N-ethyl adjacent to an activating group) is 1. The van der Waals surface area contributed by atoms with E-state index in [1.165, 1.54) is 12.1 Å². The van der Waals surface area contributed by atoms with Gasteiger partial charge in [0.1, 0.15) is 6.04 Å². The van der Waals surface area contributed by atoms with Gasteiger partial charge in [-0.2, -0.15) is 0 Å². The van der Waals surface area contributed by atoms with Crippen LogP contribution < -0.4 is 15.5 Å². The number of anilines is 1. The van der Waals surface area contributed by atoms with Gasteiger partial charge in [-0.1, -0.05) is 0 Å². The number of nitrogens with zero attached hydrogens (tertiary/aromatic N) is 2. The first-order valence-corrected chi connectivity index (χ1v) is 7.04. The fourth-order valence-electron chi connectivity index (χ4n) is 2.55. The van der Waals surface area contributed by atoms with Gasteiger partial charge in [-0.3, -0.25) is 14.9 Å². The number of benzene rings is 1. The summed E-state index contributed by atoms with van der Waals surface area (Å²) in [7, 11) is 0. The minimum atomic E-state index is -0.403. The number of rotatable bonds is 4. The number of non-ortho nitro benzene ring substituents is 1. The normalized spacial score (nSPS) is 18.4. The van der Waals surface area contributed by atoms with Gasteiger partial charge in [-0.25, -0.2) is 0 Å². The highest BCUT2D eigenvalue weighted by Crippen LogP contribution is 2.26. The van der Waals surface area contributed by atoms with Crippen LogP contribution in [-0.4, -0.2) is 43.1 Å². The van der Waals surface area contributed by atoms with E-state index in [0.29, 0.717) is 19.6 Å². The minimum Gasteiger partial charge on any atom is -0.357 e. The fraction of sp³-hybridized carbons (Fsp3) is 0.500. The highest BCUT2D eigenvalue weighted by atomic mass is 16.6. The van der Waals surface area contributed by atoms with Crippen LogP contribution in [0, 0.1) is 17.0 Å². The minimum absolute atomic E-state index is 0.0539. The van der Waals surface area contributed by atoms with Crippen molar-refractivity contribution in [2.24, 2.45) is 0 Å². The van der Waals surface area contributed by atoms with Crippen molar-refractivity contribution in [3.05, 3.63) is 33.9 Å². The SMILES string of the molecule is CCNC(=O)C1CNCCN1c1cc(C)cc([N+](=O)[O-])c1. The molecule has 0 radical (unpaired) electrons. The lowest BCUT2D eigenvalue weighted by Crippen LogP contribution is -2.58. The summed E-state index contributed by atoms with van der Waals surface area (Å²) in [6.07, 6.45) is 0. The van der Waals surface area contributed by atoms with Gasteiger partial charge in [0.15, 0.2) is 0 Å². The fourth-order valence-corrected chi connectivity index (χ4v) is 2.55. The standard InChI is InChI=1S/C14H20N4O3/c1-3-16-14(19)13-9-15-4-5-17(13)11-6-10(2)7-12(8-11)18(20)21/h6-8,13,15H,3-5,9H2,1-2H3,(H,16,19). The average molecular weight is 292 g/mol. The van der Waals surface area contributed by atoms with Gasteiger partial charge in [0, 0.05) is 44.0 Å². The smallest absolute Gasteiger partial charge is 0.271 e. The Morgan fingerprint density at radius 1 is 1.52 bits per heavy atom. The van der Waals surface area contributed by atoms with Crippen LogP contribution in [0.25, 0.3) is 0 Å².